The molecule has 1 unspecified atom stereocenters. The van der Waals surface area contributed by atoms with Crippen LogP contribution in [0.3, 0.4) is 0 Å². The number of phenols is 1. The molecule has 0 saturated heterocycles. The summed E-state index contributed by atoms with van der Waals surface area (Å²) in [6.45, 7) is 2.38. The molecule has 0 aliphatic heterocycles. The molecule has 2 aromatic carbocycles. The minimum absolute atomic E-state index is 0.118. The summed E-state index contributed by atoms with van der Waals surface area (Å²) in [5.74, 6) is -0.377. The summed E-state index contributed by atoms with van der Waals surface area (Å²) in [4.78, 5) is 11.9. The zero-order valence-corrected chi connectivity index (χ0v) is 13.7. The molecule has 24 heavy (non-hydrogen) atoms. The van der Waals surface area contributed by atoms with Gasteiger partial charge in [-0.15, -0.1) is 0 Å². The summed E-state index contributed by atoms with van der Waals surface area (Å²) < 4.78 is 10.9. The van der Waals surface area contributed by atoms with Crippen molar-refractivity contribution in [3.05, 3.63) is 71.8 Å². The lowest BCUT2D eigenvalue weighted by molar-refractivity contribution is -0.173. The molecule has 0 saturated carbocycles. The minimum Gasteiger partial charge on any atom is -0.507 e. The molecule has 0 radical (unpaired) electrons. The second kappa shape index (κ2) is 9.53. The molecule has 0 aromatic heterocycles. The lowest BCUT2D eigenvalue weighted by atomic mass is 10.2. The molecule has 1 N–H and O–H groups in total. The van der Waals surface area contributed by atoms with E-state index in [4.69, 9.17) is 9.47 Å². The number of phenolic OH excluding ortho intramolecular Hbond substituents is 1. The number of carbonyl (C=O) groups is 1. The Morgan fingerprint density at radius 1 is 1.12 bits per heavy atom. The first-order valence-corrected chi connectivity index (χ1v) is 8.01. The summed E-state index contributed by atoms with van der Waals surface area (Å²) in [5.41, 5.74) is 1.74. The lowest BCUT2D eigenvalue weighted by Crippen LogP contribution is -2.20. The first-order valence-electron chi connectivity index (χ1n) is 8.01. The highest BCUT2D eigenvalue weighted by molar-refractivity contribution is 5.87. The van der Waals surface area contributed by atoms with Gasteiger partial charge in [0, 0.05) is 18.1 Å². The van der Waals surface area contributed by atoms with Crippen molar-refractivity contribution in [3.63, 3.8) is 0 Å². The Labute approximate surface area is 142 Å². The molecule has 0 heterocycles. The zero-order valence-electron chi connectivity index (χ0n) is 13.7. The smallest absolute Gasteiger partial charge is 0.333 e. The molecule has 126 valence electrons. The highest BCUT2D eigenvalue weighted by atomic mass is 16.7. The first-order chi connectivity index (χ1) is 11.7. The van der Waals surface area contributed by atoms with Gasteiger partial charge in [0.15, 0.2) is 0 Å². The highest BCUT2D eigenvalue weighted by Crippen LogP contribution is 2.17. The highest BCUT2D eigenvalue weighted by Gasteiger charge is 2.11. The van der Waals surface area contributed by atoms with E-state index in [2.05, 4.69) is 0 Å². The zero-order chi connectivity index (χ0) is 17.2. The molecule has 2 rings (SSSR count). The second-order valence-electron chi connectivity index (χ2n) is 5.27. The third-order valence-electron chi connectivity index (χ3n) is 3.45. The summed E-state index contributed by atoms with van der Waals surface area (Å²) in [5, 5.41) is 9.65. The number of rotatable bonds is 8. The minimum atomic E-state index is -0.574. The van der Waals surface area contributed by atoms with Crippen LogP contribution < -0.4 is 0 Å². The van der Waals surface area contributed by atoms with Crippen molar-refractivity contribution in [2.45, 2.75) is 26.1 Å². The van der Waals surface area contributed by atoms with Gasteiger partial charge in [-0.1, -0.05) is 55.5 Å². The molecule has 0 aliphatic rings. The van der Waals surface area contributed by atoms with Crippen LogP contribution in [0.5, 0.6) is 5.75 Å². The molecule has 0 fully saturated rings. The van der Waals surface area contributed by atoms with Crippen molar-refractivity contribution < 1.29 is 19.4 Å². The van der Waals surface area contributed by atoms with E-state index in [9.17, 15) is 9.90 Å². The Bertz CT molecular complexity index is 664. The fourth-order valence-corrected chi connectivity index (χ4v) is 2.14. The summed E-state index contributed by atoms with van der Waals surface area (Å²) >= 11 is 0. The van der Waals surface area contributed by atoms with Crippen LogP contribution in [0.2, 0.25) is 0 Å². The van der Waals surface area contributed by atoms with Crippen LogP contribution in [0.1, 0.15) is 24.5 Å². The van der Waals surface area contributed by atoms with Gasteiger partial charge in [-0.25, -0.2) is 4.79 Å². The third kappa shape index (κ3) is 5.89. The number of aromatic hydroxyl groups is 1. The molecule has 4 nitrogen and oxygen atoms in total. The van der Waals surface area contributed by atoms with Crippen LogP contribution in [0.25, 0.3) is 6.08 Å². The van der Waals surface area contributed by atoms with Gasteiger partial charge in [0.05, 0.1) is 6.61 Å². The van der Waals surface area contributed by atoms with Crippen LogP contribution in [-0.4, -0.2) is 24.0 Å². The monoisotopic (exact) mass is 326 g/mol. The Morgan fingerprint density at radius 3 is 2.54 bits per heavy atom. The molecular formula is C20H22O4. The first kappa shape index (κ1) is 17.8. The van der Waals surface area contributed by atoms with Gasteiger partial charge in [-0.2, -0.15) is 0 Å². The van der Waals surface area contributed by atoms with Crippen molar-refractivity contribution in [3.8, 4) is 5.75 Å². The van der Waals surface area contributed by atoms with Crippen LogP contribution in [0.15, 0.2) is 60.7 Å². The third-order valence-corrected chi connectivity index (χ3v) is 3.45. The summed E-state index contributed by atoms with van der Waals surface area (Å²) in [7, 11) is 0. The van der Waals surface area contributed by atoms with E-state index in [1.165, 1.54) is 17.7 Å². The summed E-state index contributed by atoms with van der Waals surface area (Å²) in [6.07, 6.45) is 3.58. The van der Waals surface area contributed by atoms with Gasteiger partial charge in [-0.3, -0.25) is 0 Å². The number of benzene rings is 2. The van der Waals surface area contributed by atoms with E-state index in [0.717, 1.165) is 6.42 Å². The standard InChI is InChI=1S/C20H22O4/c1-2-20(23-15-14-16-8-4-3-5-9-16)24-19(22)13-12-17-10-6-7-11-18(17)21/h3-13,20-21H,2,14-15H2,1H3. The number of carbonyl (C=O) groups excluding carboxylic acids is 1. The van der Waals surface area contributed by atoms with E-state index in [-0.39, 0.29) is 5.75 Å². The average Bonchev–Trinajstić information content (AvgIpc) is 2.61. The van der Waals surface area contributed by atoms with E-state index in [0.29, 0.717) is 18.6 Å². The molecular weight excluding hydrogens is 304 g/mol. The second-order valence-corrected chi connectivity index (χ2v) is 5.27. The van der Waals surface area contributed by atoms with Crippen molar-refractivity contribution in [1.82, 2.24) is 0 Å². The molecule has 0 bridgehead atoms. The quantitative estimate of drug-likeness (QED) is 0.453. The number of hydrogen-bond donors (Lipinski definition) is 1. The molecule has 0 spiro atoms. The van der Waals surface area contributed by atoms with E-state index >= 15 is 0 Å². The van der Waals surface area contributed by atoms with Gasteiger partial charge < -0.3 is 14.6 Å². The predicted molar refractivity (Wildman–Crippen MR) is 93.4 cm³/mol. The van der Waals surface area contributed by atoms with E-state index < -0.39 is 12.3 Å². The van der Waals surface area contributed by atoms with Crippen LogP contribution in [0.4, 0.5) is 0 Å². The van der Waals surface area contributed by atoms with Crippen molar-refractivity contribution in [2.75, 3.05) is 6.61 Å². The largest absolute Gasteiger partial charge is 0.507 e. The number of hydrogen-bond acceptors (Lipinski definition) is 4. The molecule has 1 atom stereocenters. The van der Waals surface area contributed by atoms with Crippen LogP contribution in [0, 0.1) is 0 Å². The SMILES string of the molecule is CCC(OCCc1ccccc1)OC(=O)C=Cc1ccccc1O. The molecule has 4 heteroatoms. The normalized spacial score (nSPS) is 12.2. The van der Waals surface area contributed by atoms with Gasteiger partial charge in [0.2, 0.25) is 6.29 Å². The number of para-hydroxylation sites is 1. The fraction of sp³-hybridized carbons (Fsp3) is 0.250. The Balaban J connectivity index is 1.79. The topological polar surface area (TPSA) is 55.8 Å². The van der Waals surface area contributed by atoms with Crippen molar-refractivity contribution in [1.29, 1.82) is 0 Å². The van der Waals surface area contributed by atoms with E-state index in [1.807, 2.05) is 37.3 Å². The van der Waals surface area contributed by atoms with Gasteiger partial charge in [0.25, 0.3) is 0 Å². The lowest BCUT2D eigenvalue weighted by Gasteiger charge is -2.15. The Morgan fingerprint density at radius 2 is 1.83 bits per heavy atom. The molecule has 2 aromatic rings. The number of esters is 1. The van der Waals surface area contributed by atoms with Gasteiger partial charge >= 0.3 is 5.97 Å². The summed E-state index contributed by atoms with van der Waals surface area (Å²) in [6, 6.07) is 16.8. The molecule has 0 amide bonds. The van der Waals surface area contributed by atoms with Gasteiger partial charge in [-0.05, 0) is 24.1 Å². The van der Waals surface area contributed by atoms with E-state index in [1.54, 1.807) is 24.3 Å². The Hall–Kier alpha value is -2.59. The maximum absolute atomic E-state index is 11.9. The predicted octanol–water partition coefficient (Wildman–Crippen LogP) is 3.94. The van der Waals surface area contributed by atoms with Crippen molar-refractivity contribution >= 4 is 12.0 Å². The number of ether oxygens (including phenoxy) is 2. The Kier molecular flexibility index (Phi) is 7.05. The van der Waals surface area contributed by atoms with Crippen LogP contribution in [-0.2, 0) is 20.7 Å². The average molecular weight is 326 g/mol. The fourth-order valence-electron chi connectivity index (χ4n) is 2.14. The van der Waals surface area contributed by atoms with Gasteiger partial charge in [0.1, 0.15) is 5.75 Å². The van der Waals surface area contributed by atoms with Crippen molar-refractivity contribution in [2.24, 2.45) is 0 Å². The maximum Gasteiger partial charge on any atom is 0.333 e. The maximum atomic E-state index is 11.9. The molecule has 0 aliphatic carbocycles. The van der Waals surface area contributed by atoms with Crippen LogP contribution >= 0.6 is 0 Å².